The highest BCUT2D eigenvalue weighted by Gasteiger charge is 2.28. The summed E-state index contributed by atoms with van der Waals surface area (Å²) in [6, 6.07) is 20.7. The molecule has 0 aliphatic carbocycles. The van der Waals surface area contributed by atoms with Crippen LogP contribution < -0.4 is 4.74 Å². The van der Waals surface area contributed by atoms with Crippen LogP contribution in [0, 0.1) is 6.92 Å². The van der Waals surface area contributed by atoms with Crippen molar-refractivity contribution in [2.24, 2.45) is 7.05 Å². The number of ether oxygens (including phenoxy) is 3. The summed E-state index contributed by atoms with van der Waals surface area (Å²) in [5.41, 5.74) is 7.62. The summed E-state index contributed by atoms with van der Waals surface area (Å²) in [5, 5.41) is 8.70. The Morgan fingerprint density at radius 1 is 1.02 bits per heavy atom. The number of aromatic nitrogens is 4. The number of carbonyl (C=O) groups excluding carboxylic acids is 2. The lowest BCUT2D eigenvalue weighted by Gasteiger charge is -2.17. The quantitative estimate of drug-likeness (QED) is 0.165. The summed E-state index contributed by atoms with van der Waals surface area (Å²) < 4.78 is 20.9. The van der Waals surface area contributed by atoms with Crippen LogP contribution in [0.4, 0.5) is 0 Å². The largest absolute Gasteiger partial charge is 0.493 e. The Labute approximate surface area is 318 Å². The standard InChI is InChI=1S/C41H42ClN5O5S/c1-25-37-35(44-47(25)16-18-51-26(2)48)23-45(3)22-29-19-27(14-15-43-29)24-53-30-20-28-9-6-7-10-31(28)36(21-30)52-17-8-11-32-33-12-13-34(42)38(37)39(33)46(4)40(32)41(49)50-5/h6-7,9-10,12-15,19-21H,8,11,16-18,22-24H2,1-5H3. The SMILES string of the molecule is COC(=O)c1c2c3ccc(Cl)c(c3n1C)-c1c(nn(CCOC(C)=O)c1C)CN(C)Cc1cc(ccn1)CSc1cc(c3ccccc3c1)OCCC2. The summed E-state index contributed by atoms with van der Waals surface area (Å²) in [6.45, 7) is 5.48. The Kier molecular flexibility index (Phi) is 10.8. The van der Waals surface area contributed by atoms with Crippen LogP contribution in [0.5, 0.6) is 5.75 Å². The molecule has 3 aromatic heterocycles. The number of thioether (sulfide) groups is 1. The molecule has 10 nitrogen and oxygen atoms in total. The summed E-state index contributed by atoms with van der Waals surface area (Å²) in [6.07, 6.45) is 3.11. The van der Waals surface area contributed by atoms with Crippen LogP contribution in [-0.2, 0) is 53.1 Å². The van der Waals surface area contributed by atoms with Gasteiger partial charge in [0, 0.05) is 71.5 Å². The average molecular weight is 752 g/mol. The molecular weight excluding hydrogens is 710 g/mol. The van der Waals surface area contributed by atoms with Gasteiger partial charge in [-0.25, -0.2) is 4.79 Å². The van der Waals surface area contributed by atoms with Crippen molar-refractivity contribution >= 4 is 57.0 Å². The molecule has 0 atom stereocenters. The van der Waals surface area contributed by atoms with Gasteiger partial charge in [-0.15, -0.1) is 11.8 Å². The Hall–Kier alpha value is -4.84. The fraction of sp³-hybridized carbons (Fsp3) is 0.317. The Bertz CT molecular complexity index is 2350. The minimum absolute atomic E-state index is 0.182. The van der Waals surface area contributed by atoms with Crippen molar-refractivity contribution in [3.05, 3.63) is 106 Å². The van der Waals surface area contributed by atoms with Crippen LogP contribution in [0.2, 0.25) is 5.02 Å². The number of pyridine rings is 1. The zero-order chi connectivity index (χ0) is 37.2. The number of rotatable bonds is 4. The molecule has 0 unspecified atom stereocenters. The van der Waals surface area contributed by atoms with Gasteiger partial charge in [-0.3, -0.25) is 19.4 Å². The second-order valence-electron chi connectivity index (χ2n) is 13.4. The molecule has 0 N–H and O–H groups in total. The number of esters is 2. The zero-order valence-electron chi connectivity index (χ0n) is 30.6. The lowest BCUT2D eigenvalue weighted by atomic mass is 9.97. The number of halogens is 1. The first-order chi connectivity index (χ1) is 25.6. The molecular formula is C41H42ClN5O5S. The van der Waals surface area contributed by atoms with Crippen LogP contribution in [0.25, 0.3) is 32.8 Å². The van der Waals surface area contributed by atoms with Gasteiger partial charge in [0.1, 0.15) is 18.1 Å². The number of benzene rings is 3. The first kappa shape index (κ1) is 36.5. The predicted molar refractivity (Wildman–Crippen MR) is 209 cm³/mol. The smallest absolute Gasteiger partial charge is 0.354 e. The molecule has 0 saturated heterocycles. The van der Waals surface area contributed by atoms with Crippen LogP contribution in [0.1, 0.15) is 52.0 Å². The highest BCUT2D eigenvalue weighted by atomic mass is 35.5. The average Bonchev–Trinajstić information content (AvgIpc) is 3.59. The molecule has 0 amide bonds. The highest BCUT2D eigenvalue weighted by molar-refractivity contribution is 7.98. The molecule has 4 heterocycles. The molecule has 7 rings (SSSR count). The van der Waals surface area contributed by atoms with Crippen LogP contribution in [0.15, 0.2) is 71.8 Å². The molecule has 6 aromatic rings. The maximum absolute atomic E-state index is 13.5. The number of methoxy groups -OCH3 is 1. The molecule has 0 fully saturated rings. The third-order valence-corrected chi connectivity index (χ3v) is 11.1. The minimum atomic E-state index is -0.421. The van der Waals surface area contributed by atoms with Gasteiger partial charge < -0.3 is 18.8 Å². The molecule has 8 bridgehead atoms. The Morgan fingerprint density at radius 3 is 2.66 bits per heavy atom. The molecule has 0 radical (unpaired) electrons. The van der Waals surface area contributed by atoms with Crippen molar-refractivity contribution in [1.82, 2.24) is 24.2 Å². The van der Waals surface area contributed by atoms with Gasteiger partial charge in [0.05, 0.1) is 42.2 Å². The van der Waals surface area contributed by atoms with E-state index in [1.165, 1.54) is 19.6 Å². The van der Waals surface area contributed by atoms with Crippen molar-refractivity contribution in [3.63, 3.8) is 0 Å². The van der Waals surface area contributed by atoms with E-state index in [9.17, 15) is 9.59 Å². The fourth-order valence-electron chi connectivity index (χ4n) is 7.33. The molecule has 3 aromatic carbocycles. The highest BCUT2D eigenvalue weighted by Crippen LogP contribution is 2.42. The molecule has 53 heavy (non-hydrogen) atoms. The lowest BCUT2D eigenvalue weighted by molar-refractivity contribution is -0.141. The van der Waals surface area contributed by atoms with Gasteiger partial charge in [0.25, 0.3) is 0 Å². The second-order valence-corrected chi connectivity index (χ2v) is 14.8. The lowest BCUT2D eigenvalue weighted by Crippen LogP contribution is -2.19. The summed E-state index contributed by atoms with van der Waals surface area (Å²) in [4.78, 5) is 33.1. The van der Waals surface area contributed by atoms with Gasteiger partial charge in [0.2, 0.25) is 0 Å². The third kappa shape index (κ3) is 7.51. The fourth-order valence-corrected chi connectivity index (χ4v) is 8.49. The van der Waals surface area contributed by atoms with Gasteiger partial charge in [0.15, 0.2) is 0 Å². The van der Waals surface area contributed by atoms with Crippen molar-refractivity contribution in [3.8, 4) is 16.9 Å². The summed E-state index contributed by atoms with van der Waals surface area (Å²) in [7, 11) is 5.33. The Morgan fingerprint density at radius 2 is 1.85 bits per heavy atom. The van der Waals surface area contributed by atoms with E-state index in [1.807, 2.05) is 60.7 Å². The maximum atomic E-state index is 13.5. The second kappa shape index (κ2) is 15.6. The molecule has 274 valence electrons. The van der Waals surface area contributed by atoms with Gasteiger partial charge in [-0.2, -0.15) is 5.10 Å². The molecule has 0 saturated carbocycles. The van der Waals surface area contributed by atoms with E-state index in [-0.39, 0.29) is 12.6 Å². The zero-order valence-corrected chi connectivity index (χ0v) is 32.1. The summed E-state index contributed by atoms with van der Waals surface area (Å²) in [5.74, 6) is 0.848. The van der Waals surface area contributed by atoms with E-state index in [1.54, 1.807) is 11.8 Å². The predicted octanol–water partition coefficient (Wildman–Crippen LogP) is 8.15. The normalized spacial score (nSPS) is 14.1. The van der Waals surface area contributed by atoms with E-state index in [4.69, 9.17) is 35.9 Å². The number of hydrogen-bond donors (Lipinski definition) is 0. The van der Waals surface area contributed by atoms with Gasteiger partial charge in [-0.1, -0.05) is 41.9 Å². The Balaban J connectivity index is 1.38. The molecule has 0 spiro atoms. The van der Waals surface area contributed by atoms with E-state index in [0.29, 0.717) is 49.8 Å². The van der Waals surface area contributed by atoms with Crippen LogP contribution in [-0.4, -0.2) is 63.5 Å². The monoisotopic (exact) mass is 751 g/mol. The third-order valence-electron chi connectivity index (χ3n) is 9.69. The molecule has 1 aliphatic heterocycles. The number of nitrogens with zero attached hydrogens (tertiary/aromatic N) is 5. The number of aryl methyl sites for hydroxylation is 2. The topological polar surface area (TPSA) is 101 Å². The summed E-state index contributed by atoms with van der Waals surface area (Å²) >= 11 is 8.92. The van der Waals surface area contributed by atoms with Crippen LogP contribution in [0.3, 0.4) is 0 Å². The number of carbonyl (C=O) groups is 2. The van der Waals surface area contributed by atoms with Crippen LogP contribution >= 0.6 is 23.4 Å². The number of fused-ring (bicyclic) bond motifs is 8. The van der Waals surface area contributed by atoms with Crippen molar-refractivity contribution in [1.29, 1.82) is 0 Å². The van der Waals surface area contributed by atoms with Gasteiger partial charge in [-0.05, 0) is 73.7 Å². The maximum Gasteiger partial charge on any atom is 0.354 e. The van der Waals surface area contributed by atoms with Crippen molar-refractivity contribution in [2.45, 2.75) is 57.0 Å². The van der Waals surface area contributed by atoms with E-state index in [2.05, 4.69) is 41.3 Å². The van der Waals surface area contributed by atoms with E-state index in [0.717, 1.165) is 71.8 Å². The number of hydrogen-bond acceptors (Lipinski definition) is 9. The van der Waals surface area contributed by atoms with Gasteiger partial charge >= 0.3 is 11.9 Å². The van der Waals surface area contributed by atoms with Crippen molar-refractivity contribution in [2.75, 3.05) is 27.4 Å². The minimum Gasteiger partial charge on any atom is -0.493 e. The first-order valence-electron chi connectivity index (χ1n) is 17.6. The van der Waals surface area contributed by atoms with E-state index >= 15 is 0 Å². The molecule has 1 aliphatic rings. The molecule has 12 heteroatoms. The van der Waals surface area contributed by atoms with E-state index < -0.39 is 5.97 Å². The van der Waals surface area contributed by atoms with Crippen molar-refractivity contribution < 1.29 is 23.8 Å². The first-order valence-corrected chi connectivity index (χ1v) is 19.0.